The molecule has 0 saturated carbocycles. The standard InChI is InChI=1S/C17H11Cl2N3O3/c1-10-14(8-11-3-2-4-13(7-11)22(24)25)17(23)21(20-10)12-5-6-15(18)16(19)9-12/h2-9H,1H3. The van der Waals surface area contributed by atoms with Crippen molar-refractivity contribution in [3.8, 4) is 0 Å². The van der Waals surface area contributed by atoms with E-state index in [4.69, 9.17) is 23.2 Å². The number of anilines is 1. The Kier molecular flexibility index (Phi) is 4.57. The Balaban J connectivity index is 1.96. The molecular formula is C17H11Cl2N3O3. The van der Waals surface area contributed by atoms with Gasteiger partial charge in [0.2, 0.25) is 0 Å². The molecule has 0 aromatic heterocycles. The van der Waals surface area contributed by atoms with Crippen LogP contribution in [0.25, 0.3) is 6.08 Å². The molecule has 8 heteroatoms. The summed E-state index contributed by atoms with van der Waals surface area (Å²) < 4.78 is 0. The fourth-order valence-corrected chi connectivity index (χ4v) is 2.66. The van der Waals surface area contributed by atoms with Gasteiger partial charge in [-0.15, -0.1) is 0 Å². The average Bonchev–Trinajstić information content (AvgIpc) is 2.86. The highest BCUT2D eigenvalue weighted by molar-refractivity contribution is 6.42. The van der Waals surface area contributed by atoms with Gasteiger partial charge in [0.15, 0.2) is 0 Å². The summed E-state index contributed by atoms with van der Waals surface area (Å²) in [6.07, 6.45) is 1.58. The maximum absolute atomic E-state index is 12.7. The van der Waals surface area contributed by atoms with Gasteiger partial charge in [0.25, 0.3) is 11.6 Å². The molecule has 25 heavy (non-hydrogen) atoms. The van der Waals surface area contributed by atoms with E-state index in [1.165, 1.54) is 17.1 Å². The zero-order valence-electron chi connectivity index (χ0n) is 12.9. The Morgan fingerprint density at radius 2 is 1.92 bits per heavy atom. The second-order valence-corrected chi connectivity index (χ2v) is 6.13. The number of nitrogens with zero attached hydrogens (tertiary/aromatic N) is 3. The number of carbonyl (C=O) groups is 1. The highest BCUT2D eigenvalue weighted by Gasteiger charge is 2.29. The number of non-ortho nitro benzene ring substituents is 1. The van der Waals surface area contributed by atoms with Crippen LogP contribution in [0.15, 0.2) is 53.1 Å². The molecule has 0 saturated heterocycles. The maximum Gasteiger partial charge on any atom is 0.280 e. The largest absolute Gasteiger partial charge is 0.280 e. The molecule has 0 aliphatic carbocycles. The lowest BCUT2D eigenvalue weighted by atomic mass is 10.1. The molecule has 126 valence electrons. The number of carbonyl (C=O) groups excluding carboxylic acids is 1. The van der Waals surface area contributed by atoms with Crippen molar-refractivity contribution in [3.05, 3.63) is 73.8 Å². The minimum Gasteiger partial charge on any atom is -0.267 e. The lowest BCUT2D eigenvalue weighted by molar-refractivity contribution is -0.384. The minimum absolute atomic E-state index is 0.0456. The molecule has 2 aromatic rings. The van der Waals surface area contributed by atoms with Crippen molar-refractivity contribution in [1.29, 1.82) is 0 Å². The lowest BCUT2D eigenvalue weighted by Crippen LogP contribution is -2.21. The second kappa shape index (κ2) is 6.66. The molecule has 0 unspecified atom stereocenters. The van der Waals surface area contributed by atoms with Crippen molar-refractivity contribution in [2.75, 3.05) is 5.01 Å². The summed E-state index contributed by atoms with van der Waals surface area (Å²) in [6.45, 7) is 1.69. The maximum atomic E-state index is 12.7. The van der Waals surface area contributed by atoms with E-state index < -0.39 is 4.92 Å². The van der Waals surface area contributed by atoms with Crippen molar-refractivity contribution in [1.82, 2.24) is 0 Å². The van der Waals surface area contributed by atoms with Crippen LogP contribution in [0.3, 0.4) is 0 Å². The van der Waals surface area contributed by atoms with Gasteiger partial charge in [0, 0.05) is 12.1 Å². The molecule has 3 rings (SSSR count). The lowest BCUT2D eigenvalue weighted by Gasteiger charge is -2.12. The van der Waals surface area contributed by atoms with Crippen LogP contribution in [-0.2, 0) is 4.79 Å². The van der Waals surface area contributed by atoms with Crippen molar-refractivity contribution in [2.45, 2.75) is 6.92 Å². The predicted molar refractivity (Wildman–Crippen MR) is 98.1 cm³/mol. The Morgan fingerprint density at radius 3 is 2.60 bits per heavy atom. The first-order valence-electron chi connectivity index (χ1n) is 7.18. The van der Waals surface area contributed by atoms with E-state index in [0.717, 1.165) is 0 Å². The van der Waals surface area contributed by atoms with Crippen LogP contribution in [0.2, 0.25) is 10.0 Å². The molecule has 0 N–H and O–H groups in total. The van der Waals surface area contributed by atoms with E-state index >= 15 is 0 Å². The molecule has 1 heterocycles. The van der Waals surface area contributed by atoms with Gasteiger partial charge in [0.05, 0.1) is 31.9 Å². The monoisotopic (exact) mass is 375 g/mol. The Bertz CT molecular complexity index is 954. The quantitative estimate of drug-likeness (QED) is 0.442. The van der Waals surface area contributed by atoms with Crippen LogP contribution >= 0.6 is 23.2 Å². The van der Waals surface area contributed by atoms with Crippen LogP contribution in [0.4, 0.5) is 11.4 Å². The van der Waals surface area contributed by atoms with E-state index in [1.54, 1.807) is 43.3 Å². The summed E-state index contributed by atoms with van der Waals surface area (Å²) in [4.78, 5) is 23.1. The second-order valence-electron chi connectivity index (χ2n) is 5.31. The van der Waals surface area contributed by atoms with E-state index in [1.807, 2.05) is 0 Å². The molecule has 0 atom stereocenters. The molecule has 1 aliphatic rings. The molecule has 0 fully saturated rings. The summed E-state index contributed by atoms with van der Waals surface area (Å²) >= 11 is 11.9. The fraction of sp³-hybridized carbons (Fsp3) is 0.0588. The SMILES string of the molecule is CC1=NN(c2ccc(Cl)c(Cl)c2)C(=O)C1=Cc1cccc([N+](=O)[O-])c1. The Labute approximate surface area is 153 Å². The van der Waals surface area contributed by atoms with Gasteiger partial charge in [-0.2, -0.15) is 10.1 Å². The third-order valence-electron chi connectivity index (χ3n) is 3.60. The number of hydrazone groups is 1. The zero-order valence-corrected chi connectivity index (χ0v) is 14.5. The molecule has 0 radical (unpaired) electrons. The van der Waals surface area contributed by atoms with Crippen LogP contribution in [0.1, 0.15) is 12.5 Å². The van der Waals surface area contributed by atoms with Gasteiger partial charge in [-0.3, -0.25) is 14.9 Å². The summed E-state index contributed by atoms with van der Waals surface area (Å²) in [7, 11) is 0. The molecule has 0 bridgehead atoms. The van der Waals surface area contributed by atoms with Crippen LogP contribution in [0, 0.1) is 10.1 Å². The number of amides is 1. The normalized spacial score (nSPS) is 15.6. The van der Waals surface area contributed by atoms with E-state index in [-0.39, 0.29) is 11.6 Å². The molecule has 2 aromatic carbocycles. The Morgan fingerprint density at radius 1 is 1.16 bits per heavy atom. The highest BCUT2D eigenvalue weighted by Crippen LogP contribution is 2.31. The smallest absolute Gasteiger partial charge is 0.267 e. The first kappa shape index (κ1) is 17.1. The summed E-state index contributed by atoms with van der Waals surface area (Å²) in [6, 6.07) is 10.8. The van der Waals surface area contributed by atoms with E-state index in [2.05, 4.69) is 5.10 Å². The van der Waals surface area contributed by atoms with Crippen LogP contribution < -0.4 is 5.01 Å². The van der Waals surface area contributed by atoms with Gasteiger partial charge in [-0.25, -0.2) is 0 Å². The third-order valence-corrected chi connectivity index (χ3v) is 4.34. The van der Waals surface area contributed by atoms with Gasteiger partial charge in [-0.05, 0) is 36.8 Å². The summed E-state index contributed by atoms with van der Waals surface area (Å²) in [5.74, 6) is -0.345. The van der Waals surface area contributed by atoms with Gasteiger partial charge < -0.3 is 0 Å². The van der Waals surface area contributed by atoms with Crippen molar-refractivity contribution in [3.63, 3.8) is 0 Å². The number of hydrogen-bond donors (Lipinski definition) is 0. The van der Waals surface area contributed by atoms with E-state index in [9.17, 15) is 14.9 Å². The van der Waals surface area contributed by atoms with Crippen LogP contribution in [-0.4, -0.2) is 16.5 Å². The number of hydrogen-bond acceptors (Lipinski definition) is 4. The summed E-state index contributed by atoms with van der Waals surface area (Å²) in [5.41, 5.74) is 1.84. The molecule has 0 spiro atoms. The molecular weight excluding hydrogens is 365 g/mol. The minimum atomic E-state index is -0.485. The van der Waals surface area contributed by atoms with Gasteiger partial charge >= 0.3 is 0 Å². The zero-order chi connectivity index (χ0) is 18.1. The number of rotatable bonds is 3. The number of halogens is 2. The van der Waals surface area contributed by atoms with Crippen molar-refractivity contribution in [2.24, 2.45) is 5.10 Å². The summed E-state index contributed by atoms with van der Waals surface area (Å²) in [5, 5.41) is 17.0. The predicted octanol–water partition coefficient (Wildman–Crippen LogP) is 4.71. The van der Waals surface area contributed by atoms with Gasteiger partial charge in [-0.1, -0.05) is 35.3 Å². The number of nitro groups is 1. The molecule has 1 aliphatic heterocycles. The third kappa shape index (κ3) is 3.40. The molecule has 6 nitrogen and oxygen atoms in total. The van der Waals surface area contributed by atoms with Crippen molar-refractivity contribution < 1.29 is 9.72 Å². The number of benzene rings is 2. The van der Waals surface area contributed by atoms with Gasteiger partial charge in [0.1, 0.15) is 0 Å². The topological polar surface area (TPSA) is 75.8 Å². The highest BCUT2D eigenvalue weighted by atomic mass is 35.5. The first-order valence-corrected chi connectivity index (χ1v) is 7.93. The fourth-order valence-electron chi connectivity index (χ4n) is 2.37. The molecule has 1 amide bonds. The van der Waals surface area contributed by atoms with Crippen molar-refractivity contribution >= 4 is 52.3 Å². The first-order chi connectivity index (χ1) is 11.9. The van der Waals surface area contributed by atoms with E-state index in [0.29, 0.717) is 32.6 Å². The average molecular weight is 376 g/mol. The van der Waals surface area contributed by atoms with Crippen LogP contribution in [0.5, 0.6) is 0 Å². The number of nitro benzene ring substituents is 1. The Hall–Kier alpha value is -2.70.